The van der Waals surface area contributed by atoms with Gasteiger partial charge in [0.05, 0.1) is 11.9 Å². The van der Waals surface area contributed by atoms with E-state index >= 15 is 0 Å². The van der Waals surface area contributed by atoms with Crippen LogP contribution in [0.25, 0.3) is 16.7 Å². The molecule has 0 spiro atoms. The highest BCUT2D eigenvalue weighted by Crippen LogP contribution is 2.35. The summed E-state index contributed by atoms with van der Waals surface area (Å²) in [5.41, 5.74) is 1.92. The minimum atomic E-state index is -0.483. The summed E-state index contributed by atoms with van der Waals surface area (Å²) in [6.07, 6.45) is 4.72. The van der Waals surface area contributed by atoms with Gasteiger partial charge in [-0.3, -0.25) is 9.59 Å². The second-order valence-corrected chi connectivity index (χ2v) is 8.89. The average molecular weight is 446 g/mol. The first kappa shape index (κ1) is 20.5. The predicted molar refractivity (Wildman–Crippen MR) is 125 cm³/mol. The van der Waals surface area contributed by atoms with Crippen LogP contribution < -0.4 is 5.56 Å². The van der Waals surface area contributed by atoms with Crippen LogP contribution in [0.1, 0.15) is 30.1 Å². The molecule has 0 saturated carbocycles. The molecule has 32 heavy (non-hydrogen) atoms. The number of carbonyl (C=O) groups excluding carboxylic acids is 1. The van der Waals surface area contributed by atoms with Crippen molar-refractivity contribution in [1.82, 2.24) is 24.6 Å². The molecule has 7 nitrogen and oxygen atoms in total. The van der Waals surface area contributed by atoms with Gasteiger partial charge in [-0.05, 0) is 37.0 Å². The molecule has 5 rings (SSSR count). The number of nitrogens with zero attached hydrogens (tertiary/aromatic N) is 4. The first-order valence-electron chi connectivity index (χ1n) is 10.7. The van der Waals surface area contributed by atoms with Gasteiger partial charge in [0.25, 0.3) is 5.56 Å². The van der Waals surface area contributed by atoms with Crippen LogP contribution in [0, 0.1) is 0 Å². The lowest BCUT2D eigenvalue weighted by Gasteiger charge is -2.30. The Kier molecular flexibility index (Phi) is 5.77. The Morgan fingerprint density at radius 3 is 2.38 bits per heavy atom. The second-order valence-electron chi connectivity index (χ2n) is 7.79. The van der Waals surface area contributed by atoms with Crippen molar-refractivity contribution in [2.75, 3.05) is 13.1 Å². The Morgan fingerprint density at radius 1 is 0.969 bits per heavy atom. The maximum Gasteiger partial charge on any atom is 0.262 e. The van der Waals surface area contributed by atoms with Gasteiger partial charge in [-0.1, -0.05) is 60.3 Å². The van der Waals surface area contributed by atoms with Crippen LogP contribution in [-0.4, -0.2) is 43.6 Å². The van der Waals surface area contributed by atoms with E-state index in [2.05, 4.69) is 10.1 Å². The number of fused-ring (bicyclic) bond motifs is 1. The molecule has 1 aliphatic rings. The van der Waals surface area contributed by atoms with Crippen LogP contribution in [0.4, 0.5) is 0 Å². The van der Waals surface area contributed by atoms with Crippen LogP contribution in [0.15, 0.2) is 76.8 Å². The Labute approximate surface area is 189 Å². The molecule has 1 fully saturated rings. The summed E-state index contributed by atoms with van der Waals surface area (Å²) >= 11 is 1.28. The summed E-state index contributed by atoms with van der Waals surface area (Å²) in [4.78, 5) is 35.7. The van der Waals surface area contributed by atoms with Gasteiger partial charge in [0.1, 0.15) is 10.6 Å². The Balaban J connectivity index is 1.54. The van der Waals surface area contributed by atoms with E-state index in [1.807, 2.05) is 65.6 Å². The first-order valence-corrected chi connectivity index (χ1v) is 11.6. The molecule has 0 unspecified atom stereocenters. The number of benzene rings is 2. The third-order valence-electron chi connectivity index (χ3n) is 5.64. The summed E-state index contributed by atoms with van der Waals surface area (Å²) in [5, 5.41) is 4.70. The molecule has 2 aromatic carbocycles. The summed E-state index contributed by atoms with van der Waals surface area (Å²) < 4.78 is 1.65. The summed E-state index contributed by atoms with van der Waals surface area (Å²) in [6, 6.07) is 19.3. The number of piperidine rings is 1. The van der Waals surface area contributed by atoms with Crippen LogP contribution in [0.2, 0.25) is 0 Å². The number of thioether (sulfide) groups is 1. The van der Waals surface area contributed by atoms with E-state index in [1.54, 1.807) is 4.68 Å². The van der Waals surface area contributed by atoms with Crippen molar-refractivity contribution >= 4 is 28.7 Å². The minimum absolute atomic E-state index is 0.0558. The van der Waals surface area contributed by atoms with Crippen LogP contribution in [-0.2, 0) is 4.79 Å². The number of aromatic nitrogens is 4. The van der Waals surface area contributed by atoms with E-state index in [9.17, 15) is 9.59 Å². The largest absolute Gasteiger partial charge is 0.341 e. The monoisotopic (exact) mass is 445 g/mol. The lowest BCUT2D eigenvalue weighted by Crippen LogP contribution is -2.38. The number of aromatic amines is 1. The fourth-order valence-electron chi connectivity index (χ4n) is 3.99. The van der Waals surface area contributed by atoms with E-state index < -0.39 is 5.25 Å². The molecule has 0 radical (unpaired) electrons. The van der Waals surface area contributed by atoms with Gasteiger partial charge in [0, 0.05) is 13.1 Å². The molecular formula is C24H23N5O2S. The van der Waals surface area contributed by atoms with E-state index in [1.165, 1.54) is 18.0 Å². The van der Waals surface area contributed by atoms with E-state index in [4.69, 9.17) is 4.98 Å². The number of hydrogen-bond acceptors (Lipinski definition) is 5. The standard InChI is InChI=1S/C24H23N5O2S/c30-22-19-16-25-29(18-12-6-2-7-13-18)21(19)26-24(27-22)32-20(17-10-4-1-5-11-17)23(31)28-14-8-3-9-15-28/h1-2,4-7,10-13,16,20H,3,8-9,14-15H2,(H,26,27,30)/t20-/m1/s1. The molecule has 1 N–H and O–H groups in total. The van der Waals surface area contributed by atoms with E-state index in [0.717, 1.165) is 43.6 Å². The molecule has 4 aromatic rings. The van der Waals surface area contributed by atoms with Crippen molar-refractivity contribution in [2.24, 2.45) is 0 Å². The summed E-state index contributed by atoms with van der Waals surface area (Å²) in [6.45, 7) is 1.54. The molecule has 1 aliphatic heterocycles. The van der Waals surface area contributed by atoms with Crippen molar-refractivity contribution < 1.29 is 4.79 Å². The number of H-pyrrole nitrogens is 1. The third kappa shape index (κ3) is 4.05. The number of nitrogens with one attached hydrogen (secondary N) is 1. The van der Waals surface area contributed by atoms with Gasteiger partial charge >= 0.3 is 0 Å². The van der Waals surface area contributed by atoms with Gasteiger partial charge in [0.2, 0.25) is 5.91 Å². The molecule has 162 valence electrons. The van der Waals surface area contributed by atoms with Crippen LogP contribution in [0.3, 0.4) is 0 Å². The maximum atomic E-state index is 13.5. The van der Waals surface area contributed by atoms with E-state index in [0.29, 0.717) is 16.2 Å². The molecule has 8 heteroatoms. The van der Waals surface area contributed by atoms with Crippen molar-refractivity contribution in [2.45, 2.75) is 29.7 Å². The Hall–Kier alpha value is -3.39. The van der Waals surface area contributed by atoms with E-state index in [-0.39, 0.29) is 11.5 Å². The van der Waals surface area contributed by atoms with Gasteiger partial charge in [-0.25, -0.2) is 9.67 Å². The predicted octanol–water partition coefficient (Wildman–Crippen LogP) is 3.95. The number of carbonyl (C=O) groups is 1. The summed E-state index contributed by atoms with van der Waals surface area (Å²) in [7, 11) is 0. The molecule has 3 heterocycles. The lowest BCUT2D eigenvalue weighted by molar-refractivity contribution is -0.131. The SMILES string of the molecule is O=C([C@H](Sc1nc2c(cnn2-c2ccccc2)c(=O)[nH]1)c1ccccc1)N1CCCCC1. The number of amides is 1. The van der Waals surface area contributed by atoms with Crippen molar-refractivity contribution in [1.29, 1.82) is 0 Å². The van der Waals surface area contributed by atoms with Gasteiger partial charge in [0.15, 0.2) is 10.8 Å². The molecular weight excluding hydrogens is 422 g/mol. The number of para-hydroxylation sites is 1. The normalized spacial score (nSPS) is 15.1. The number of rotatable bonds is 5. The Bertz CT molecular complexity index is 1280. The first-order chi connectivity index (χ1) is 15.7. The minimum Gasteiger partial charge on any atom is -0.341 e. The Morgan fingerprint density at radius 2 is 1.66 bits per heavy atom. The lowest BCUT2D eigenvalue weighted by atomic mass is 10.1. The zero-order valence-corrected chi connectivity index (χ0v) is 18.3. The topological polar surface area (TPSA) is 83.9 Å². The van der Waals surface area contributed by atoms with Gasteiger partial charge in [-0.2, -0.15) is 5.10 Å². The highest BCUT2D eigenvalue weighted by atomic mass is 32.2. The zero-order valence-electron chi connectivity index (χ0n) is 17.5. The van der Waals surface area contributed by atoms with Crippen molar-refractivity contribution in [3.63, 3.8) is 0 Å². The van der Waals surface area contributed by atoms with Gasteiger partial charge in [-0.15, -0.1) is 0 Å². The highest BCUT2D eigenvalue weighted by molar-refractivity contribution is 8.00. The number of hydrogen-bond donors (Lipinski definition) is 1. The smallest absolute Gasteiger partial charge is 0.262 e. The maximum absolute atomic E-state index is 13.5. The molecule has 1 atom stereocenters. The fourth-order valence-corrected chi connectivity index (χ4v) is 5.05. The highest BCUT2D eigenvalue weighted by Gasteiger charge is 2.29. The third-order valence-corrected chi connectivity index (χ3v) is 6.77. The molecule has 1 amide bonds. The number of likely N-dealkylation sites (tertiary alicyclic amines) is 1. The molecule has 2 aromatic heterocycles. The van der Waals surface area contributed by atoms with Crippen LogP contribution >= 0.6 is 11.8 Å². The van der Waals surface area contributed by atoms with Crippen molar-refractivity contribution in [3.8, 4) is 5.69 Å². The average Bonchev–Trinajstić information content (AvgIpc) is 3.28. The molecule has 1 saturated heterocycles. The van der Waals surface area contributed by atoms with Crippen molar-refractivity contribution in [3.05, 3.63) is 82.8 Å². The molecule has 0 aliphatic carbocycles. The zero-order chi connectivity index (χ0) is 21.9. The second kappa shape index (κ2) is 9.00. The summed E-state index contributed by atoms with van der Waals surface area (Å²) in [5.74, 6) is 0.0558. The van der Waals surface area contributed by atoms with Crippen LogP contribution in [0.5, 0.6) is 0 Å². The quantitative estimate of drug-likeness (QED) is 0.371. The molecule has 0 bridgehead atoms. The van der Waals surface area contributed by atoms with Gasteiger partial charge < -0.3 is 9.88 Å². The fraction of sp³-hybridized carbons (Fsp3) is 0.250.